The molecule has 1 atom stereocenters. The van der Waals surface area contributed by atoms with Crippen LogP contribution in [0.4, 0.5) is 4.79 Å². The van der Waals surface area contributed by atoms with E-state index in [9.17, 15) is 34.2 Å². The Bertz CT molecular complexity index is 1310. The number of carboxylic acid groups (broad SMARTS) is 1. The number of aliphatic hydroxyl groups excluding tert-OH is 1. The van der Waals surface area contributed by atoms with Gasteiger partial charge in [-0.05, 0) is 25.5 Å². The summed E-state index contributed by atoms with van der Waals surface area (Å²) in [6.07, 6.45) is -1.52. The lowest BCUT2D eigenvalue weighted by Crippen LogP contribution is -2.56. The molecule has 2 aliphatic heterocycles. The molecule has 1 unspecified atom stereocenters. The number of likely N-dealkylation sites (tertiary alicyclic amines) is 1. The third-order valence-electron chi connectivity index (χ3n) is 6.84. The minimum absolute atomic E-state index is 0.0780. The lowest BCUT2D eigenvalue weighted by Gasteiger charge is -2.36. The molecule has 0 spiro atoms. The highest BCUT2D eigenvalue weighted by atomic mass is 16.6. The Hall–Kier alpha value is -4.46. The number of piperazine rings is 1. The quantitative estimate of drug-likeness (QED) is 0.354. The van der Waals surface area contributed by atoms with Gasteiger partial charge in [0.1, 0.15) is 17.5 Å². The number of nitrogens with zero attached hydrogens (tertiary/aromatic N) is 4. The number of para-hydroxylation sites is 1. The Morgan fingerprint density at radius 1 is 1.05 bits per heavy atom. The fourth-order valence-corrected chi connectivity index (χ4v) is 4.57. The van der Waals surface area contributed by atoms with E-state index in [1.54, 1.807) is 31.2 Å². The van der Waals surface area contributed by atoms with Crippen LogP contribution < -0.4 is 10.1 Å². The van der Waals surface area contributed by atoms with Crippen molar-refractivity contribution in [3.05, 3.63) is 36.0 Å². The van der Waals surface area contributed by atoms with Crippen LogP contribution in [0.25, 0.3) is 10.9 Å². The second-order valence-corrected chi connectivity index (χ2v) is 9.73. The summed E-state index contributed by atoms with van der Waals surface area (Å²) in [5.74, 6) is -2.39. The summed E-state index contributed by atoms with van der Waals surface area (Å²) in [4.78, 5) is 71.1. The van der Waals surface area contributed by atoms with Crippen LogP contribution in [0.1, 0.15) is 30.3 Å². The summed E-state index contributed by atoms with van der Waals surface area (Å²) >= 11 is 0. The van der Waals surface area contributed by atoms with Gasteiger partial charge in [-0.1, -0.05) is 12.1 Å². The summed E-state index contributed by atoms with van der Waals surface area (Å²) < 4.78 is 10.7. The summed E-state index contributed by atoms with van der Waals surface area (Å²) in [6.45, 7) is 2.98. The van der Waals surface area contributed by atoms with Crippen molar-refractivity contribution >= 4 is 40.7 Å². The standard InChI is InChI=1S/C27H33N5O9/c1-2-40-27(39)31-11-9-30(10-12-31)26(38)20(7-8-24(35)36)29-25(37)21-13-22(18-5-3-4-6-19(18)28-21)41-16-23(34)32-14-17(33)15-32/h3-6,13,17,20,33H,2,7-12,14-16H2,1H3,(H,29,37)(H,35,36). The predicted molar refractivity (Wildman–Crippen MR) is 143 cm³/mol. The van der Waals surface area contributed by atoms with Crippen molar-refractivity contribution in [3.63, 3.8) is 0 Å². The van der Waals surface area contributed by atoms with Crippen LogP contribution in [0, 0.1) is 0 Å². The van der Waals surface area contributed by atoms with Crippen LogP contribution in [-0.2, 0) is 19.1 Å². The highest BCUT2D eigenvalue weighted by Crippen LogP contribution is 2.26. The van der Waals surface area contributed by atoms with Crippen LogP contribution in [-0.4, -0.2) is 124 Å². The van der Waals surface area contributed by atoms with Gasteiger partial charge < -0.3 is 39.7 Å². The molecule has 220 valence electrons. The van der Waals surface area contributed by atoms with Crippen molar-refractivity contribution in [2.45, 2.75) is 31.9 Å². The maximum absolute atomic E-state index is 13.3. The molecule has 2 saturated heterocycles. The Kier molecular flexibility index (Phi) is 9.55. The molecule has 3 N–H and O–H groups in total. The second kappa shape index (κ2) is 13.3. The van der Waals surface area contributed by atoms with E-state index in [-0.39, 0.29) is 82.7 Å². The van der Waals surface area contributed by atoms with Crippen molar-refractivity contribution in [3.8, 4) is 5.75 Å². The maximum Gasteiger partial charge on any atom is 0.409 e. The number of rotatable bonds is 10. The van der Waals surface area contributed by atoms with Crippen molar-refractivity contribution < 1.29 is 43.7 Å². The number of hydrogen-bond acceptors (Lipinski definition) is 9. The average molecular weight is 572 g/mol. The number of carbonyl (C=O) groups is 5. The topological polar surface area (TPSA) is 179 Å². The van der Waals surface area contributed by atoms with E-state index in [0.717, 1.165) is 0 Å². The number of pyridine rings is 1. The lowest BCUT2D eigenvalue weighted by atomic mass is 10.1. The summed E-state index contributed by atoms with van der Waals surface area (Å²) in [5.41, 5.74) is 0.344. The lowest BCUT2D eigenvalue weighted by molar-refractivity contribution is -0.143. The first-order valence-electron chi connectivity index (χ1n) is 13.4. The van der Waals surface area contributed by atoms with Crippen LogP contribution in [0.2, 0.25) is 0 Å². The molecule has 0 radical (unpaired) electrons. The van der Waals surface area contributed by atoms with Crippen molar-refractivity contribution in [2.75, 3.05) is 52.5 Å². The number of amides is 4. The van der Waals surface area contributed by atoms with Gasteiger partial charge in [-0.2, -0.15) is 0 Å². The zero-order chi connectivity index (χ0) is 29.5. The molecule has 4 rings (SSSR count). The van der Waals surface area contributed by atoms with Crippen LogP contribution >= 0.6 is 0 Å². The second-order valence-electron chi connectivity index (χ2n) is 9.73. The van der Waals surface area contributed by atoms with Crippen LogP contribution in [0.5, 0.6) is 5.75 Å². The third kappa shape index (κ3) is 7.39. The molecule has 4 amide bonds. The molecule has 3 heterocycles. The van der Waals surface area contributed by atoms with Crippen LogP contribution in [0.15, 0.2) is 30.3 Å². The Morgan fingerprint density at radius 3 is 2.39 bits per heavy atom. The Morgan fingerprint density at radius 2 is 1.73 bits per heavy atom. The van der Waals surface area contributed by atoms with Gasteiger partial charge in [0.2, 0.25) is 5.91 Å². The molecule has 41 heavy (non-hydrogen) atoms. The molecule has 1 aromatic carbocycles. The Labute approximate surface area is 235 Å². The molecule has 1 aromatic heterocycles. The van der Waals surface area contributed by atoms with E-state index in [0.29, 0.717) is 10.9 Å². The molecule has 0 saturated carbocycles. The largest absolute Gasteiger partial charge is 0.483 e. The van der Waals surface area contributed by atoms with Crippen molar-refractivity contribution in [2.24, 2.45) is 0 Å². The first kappa shape index (κ1) is 29.5. The highest BCUT2D eigenvalue weighted by molar-refractivity contribution is 5.99. The highest BCUT2D eigenvalue weighted by Gasteiger charge is 2.32. The number of aliphatic carboxylic acids is 1. The average Bonchev–Trinajstić information content (AvgIpc) is 2.95. The minimum Gasteiger partial charge on any atom is -0.483 e. The zero-order valence-electron chi connectivity index (χ0n) is 22.7. The van der Waals surface area contributed by atoms with Gasteiger partial charge in [0.15, 0.2) is 6.61 Å². The smallest absolute Gasteiger partial charge is 0.409 e. The number of aliphatic hydroxyl groups is 1. The first-order valence-corrected chi connectivity index (χ1v) is 13.4. The fourth-order valence-electron chi connectivity index (χ4n) is 4.57. The number of carbonyl (C=O) groups excluding carboxylic acids is 4. The fraction of sp³-hybridized carbons (Fsp3) is 0.481. The number of ether oxygens (including phenoxy) is 2. The minimum atomic E-state index is -1.15. The number of hydrogen-bond donors (Lipinski definition) is 3. The van der Waals surface area contributed by atoms with E-state index >= 15 is 0 Å². The number of nitrogens with one attached hydrogen (secondary N) is 1. The molecular weight excluding hydrogens is 538 g/mol. The van der Waals surface area contributed by atoms with Gasteiger partial charge in [-0.3, -0.25) is 19.2 Å². The molecule has 14 heteroatoms. The van der Waals surface area contributed by atoms with Gasteiger partial charge in [0.25, 0.3) is 11.8 Å². The SMILES string of the molecule is CCOC(=O)N1CCN(C(=O)C(CCC(=O)O)NC(=O)c2cc(OCC(=O)N3CC(O)C3)c3ccccc3n2)CC1. The number of fused-ring (bicyclic) bond motifs is 1. The zero-order valence-corrected chi connectivity index (χ0v) is 22.7. The number of benzene rings is 1. The van der Waals surface area contributed by atoms with Gasteiger partial charge in [-0.15, -0.1) is 0 Å². The first-order chi connectivity index (χ1) is 19.7. The van der Waals surface area contributed by atoms with E-state index in [4.69, 9.17) is 9.47 Å². The summed E-state index contributed by atoms with van der Waals surface area (Å²) in [7, 11) is 0. The van der Waals surface area contributed by atoms with Crippen molar-refractivity contribution in [1.82, 2.24) is 25.0 Å². The van der Waals surface area contributed by atoms with Gasteiger partial charge in [0, 0.05) is 57.1 Å². The number of β-amino-alcohol motifs (C(OH)–C–C–N with tert-alkyl or cyclic N) is 1. The third-order valence-corrected chi connectivity index (χ3v) is 6.84. The van der Waals surface area contributed by atoms with E-state index in [1.807, 2.05) is 0 Å². The monoisotopic (exact) mass is 571 g/mol. The van der Waals surface area contributed by atoms with E-state index in [1.165, 1.54) is 20.8 Å². The van der Waals surface area contributed by atoms with Gasteiger partial charge in [0.05, 0.1) is 18.2 Å². The molecule has 0 bridgehead atoms. The number of aromatic nitrogens is 1. The van der Waals surface area contributed by atoms with E-state index in [2.05, 4.69) is 10.3 Å². The Balaban J connectivity index is 1.48. The van der Waals surface area contributed by atoms with Gasteiger partial charge in [-0.25, -0.2) is 9.78 Å². The summed E-state index contributed by atoms with van der Waals surface area (Å²) in [6, 6.07) is 7.10. The van der Waals surface area contributed by atoms with Gasteiger partial charge >= 0.3 is 12.1 Å². The predicted octanol–water partition coefficient (Wildman–Crippen LogP) is 0.0806. The molecule has 2 aromatic rings. The maximum atomic E-state index is 13.3. The summed E-state index contributed by atoms with van der Waals surface area (Å²) in [5, 5.41) is 21.8. The molecule has 2 aliphatic rings. The van der Waals surface area contributed by atoms with Crippen molar-refractivity contribution in [1.29, 1.82) is 0 Å². The molecular formula is C27H33N5O9. The molecule has 14 nitrogen and oxygen atoms in total. The molecule has 0 aliphatic carbocycles. The number of carboxylic acids is 1. The molecule has 2 fully saturated rings. The van der Waals surface area contributed by atoms with Crippen LogP contribution in [0.3, 0.4) is 0 Å². The van der Waals surface area contributed by atoms with E-state index < -0.39 is 36.0 Å². The normalized spacial score (nSPS) is 16.1.